The minimum atomic E-state index is -0.175. The van der Waals surface area contributed by atoms with Crippen LogP contribution in [0.3, 0.4) is 0 Å². The Balaban J connectivity index is 1.64. The molecule has 2 aromatic rings. The number of nitrogens with zero attached hydrogens (tertiary/aromatic N) is 2. The van der Waals surface area contributed by atoms with E-state index in [1.165, 1.54) is 0 Å². The lowest BCUT2D eigenvalue weighted by Gasteiger charge is -2.19. The fourth-order valence-electron chi connectivity index (χ4n) is 2.26. The average molecular weight is 306 g/mol. The Labute approximate surface area is 127 Å². The van der Waals surface area contributed by atoms with Crippen molar-refractivity contribution >= 4 is 17.3 Å². The van der Waals surface area contributed by atoms with E-state index in [1.807, 2.05) is 30.5 Å². The lowest BCUT2D eigenvalue weighted by Crippen LogP contribution is -2.32. The van der Waals surface area contributed by atoms with Crippen molar-refractivity contribution in [1.29, 1.82) is 0 Å². The van der Waals surface area contributed by atoms with Crippen LogP contribution in [-0.4, -0.2) is 35.2 Å². The zero-order valence-corrected chi connectivity index (χ0v) is 12.8. The second kappa shape index (κ2) is 6.41. The highest BCUT2D eigenvalue weighted by Gasteiger charge is 2.31. The molecule has 0 bridgehead atoms. The van der Waals surface area contributed by atoms with E-state index >= 15 is 0 Å². The molecule has 0 saturated heterocycles. The molecule has 0 atom stereocenters. The second-order valence-corrected chi connectivity index (χ2v) is 6.05. The molecule has 1 aliphatic rings. The van der Waals surface area contributed by atoms with Gasteiger partial charge in [0.25, 0.3) is 0 Å². The van der Waals surface area contributed by atoms with Gasteiger partial charge in [0.2, 0.25) is 0 Å². The fourth-order valence-corrected chi connectivity index (χ4v) is 2.93. The first-order valence-electron chi connectivity index (χ1n) is 7.15. The summed E-state index contributed by atoms with van der Waals surface area (Å²) in [5.74, 6) is 0.609. The first-order valence-corrected chi connectivity index (χ1v) is 8.03. The lowest BCUT2D eigenvalue weighted by molar-refractivity contribution is -0.144. The molecule has 1 saturated carbocycles. The highest BCUT2D eigenvalue weighted by Crippen LogP contribution is 2.29. The average Bonchev–Trinajstić information content (AvgIpc) is 2.98. The molecule has 0 aliphatic heterocycles. The fraction of sp³-hybridized carbons (Fsp3) is 0.467. The Morgan fingerprint density at radius 3 is 3.10 bits per heavy atom. The van der Waals surface area contributed by atoms with Crippen LogP contribution in [0.2, 0.25) is 0 Å². The summed E-state index contributed by atoms with van der Waals surface area (Å²) in [6, 6.07) is 6.41. The summed E-state index contributed by atoms with van der Waals surface area (Å²) in [5.41, 5.74) is 0.856. The molecule has 0 N–H and O–H groups in total. The molecule has 3 rings (SSSR count). The summed E-state index contributed by atoms with van der Waals surface area (Å²) in [6.45, 7) is 3.19. The van der Waals surface area contributed by atoms with Crippen LogP contribution < -0.4 is 0 Å². The molecule has 0 unspecified atom stereocenters. The van der Waals surface area contributed by atoms with E-state index in [1.54, 1.807) is 11.3 Å². The largest absolute Gasteiger partial charge is 0.465 e. The molecule has 112 valence electrons. The number of carbonyl (C=O) groups is 1. The molecule has 6 heteroatoms. The third-order valence-corrected chi connectivity index (χ3v) is 4.27. The van der Waals surface area contributed by atoms with Crippen LogP contribution in [-0.2, 0) is 16.1 Å². The first-order chi connectivity index (χ1) is 10.3. The van der Waals surface area contributed by atoms with Crippen LogP contribution in [0.1, 0.15) is 25.5 Å². The van der Waals surface area contributed by atoms with E-state index in [0.29, 0.717) is 25.7 Å². The van der Waals surface area contributed by atoms with Gasteiger partial charge in [-0.15, -0.1) is 11.3 Å². The Kier molecular flexibility index (Phi) is 4.36. The minimum Gasteiger partial charge on any atom is -0.465 e. The topological polar surface area (TPSA) is 55.6 Å². The summed E-state index contributed by atoms with van der Waals surface area (Å²) in [4.78, 5) is 14.8. The molecule has 0 spiro atoms. The first kappa shape index (κ1) is 14.3. The Morgan fingerprint density at radius 2 is 2.43 bits per heavy atom. The minimum absolute atomic E-state index is 0.175. The van der Waals surface area contributed by atoms with Crippen molar-refractivity contribution < 1.29 is 14.1 Å². The second-order valence-electron chi connectivity index (χ2n) is 5.10. The van der Waals surface area contributed by atoms with Crippen LogP contribution in [0.5, 0.6) is 0 Å². The van der Waals surface area contributed by atoms with E-state index in [-0.39, 0.29) is 5.97 Å². The smallest absolute Gasteiger partial charge is 0.320 e. The molecule has 5 nitrogen and oxygen atoms in total. The van der Waals surface area contributed by atoms with Crippen LogP contribution in [0, 0.1) is 0 Å². The monoisotopic (exact) mass is 306 g/mol. The van der Waals surface area contributed by atoms with Gasteiger partial charge in [-0.25, -0.2) is 0 Å². The van der Waals surface area contributed by atoms with Crippen molar-refractivity contribution in [1.82, 2.24) is 10.1 Å². The molecular formula is C15H18N2O3S. The van der Waals surface area contributed by atoms with Gasteiger partial charge >= 0.3 is 5.97 Å². The van der Waals surface area contributed by atoms with Gasteiger partial charge in [0.15, 0.2) is 5.76 Å². The van der Waals surface area contributed by atoms with Crippen molar-refractivity contribution in [2.45, 2.75) is 32.4 Å². The van der Waals surface area contributed by atoms with Crippen molar-refractivity contribution in [3.05, 3.63) is 29.3 Å². The quantitative estimate of drug-likeness (QED) is 0.736. The summed E-state index contributed by atoms with van der Waals surface area (Å²) in [6.07, 6.45) is 2.27. The third kappa shape index (κ3) is 3.71. The maximum absolute atomic E-state index is 11.7. The number of hydrogen-bond acceptors (Lipinski definition) is 6. The normalized spacial score (nSPS) is 14.6. The predicted octanol–water partition coefficient (Wildman–Crippen LogP) is 2.93. The maximum atomic E-state index is 11.7. The third-order valence-electron chi connectivity index (χ3n) is 3.39. The number of hydrogen-bond donors (Lipinski definition) is 0. The molecule has 2 heterocycles. The summed E-state index contributed by atoms with van der Waals surface area (Å²) < 4.78 is 10.4. The van der Waals surface area contributed by atoms with E-state index in [0.717, 1.165) is 29.2 Å². The van der Waals surface area contributed by atoms with Crippen LogP contribution in [0.15, 0.2) is 28.1 Å². The molecular weight excluding hydrogens is 288 g/mol. The number of thiophene rings is 1. The van der Waals surface area contributed by atoms with Gasteiger partial charge in [-0.1, -0.05) is 11.2 Å². The van der Waals surface area contributed by atoms with Gasteiger partial charge in [-0.3, -0.25) is 9.69 Å². The zero-order chi connectivity index (χ0) is 14.7. The SMILES string of the molecule is CCOC(=O)CN(Cc1cc(-c2cccs2)on1)C1CC1. The predicted molar refractivity (Wildman–Crippen MR) is 79.9 cm³/mol. The van der Waals surface area contributed by atoms with Crippen molar-refractivity contribution in [2.75, 3.05) is 13.2 Å². The molecule has 0 radical (unpaired) electrons. The highest BCUT2D eigenvalue weighted by molar-refractivity contribution is 7.13. The van der Waals surface area contributed by atoms with E-state index < -0.39 is 0 Å². The van der Waals surface area contributed by atoms with Gasteiger partial charge in [0, 0.05) is 18.7 Å². The highest BCUT2D eigenvalue weighted by atomic mass is 32.1. The Hall–Kier alpha value is -1.66. The molecule has 21 heavy (non-hydrogen) atoms. The van der Waals surface area contributed by atoms with Gasteiger partial charge in [-0.2, -0.15) is 0 Å². The van der Waals surface area contributed by atoms with Gasteiger partial charge in [-0.05, 0) is 31.2 Å². The van der Waals surface area contributed by atoms with Crippen molar-refractivity contribution in [3.63, 3.8) is 0 Å². The number of aromatic nitrogens is 1. The number of rotatable bonds is 7. The molecule has 2 aromatic heterocycles. The van der Waals surface area contributed by atoms with Crippen molar-refractivity contribution in [3.8, 4) is 10.6 Å². The molecule has 0 aromatic carbocycles. The molecule has 0 amide bonds. The maximum Gasteiger partial charge on any atom is 0.320 e. The van der Waals surface area contributed by atoms with Crippen molar-refractivity contribution in [2.24, 2.45) is 0 Å². The van der Waals surface area contributed by atoms with E-state index in [2.05, 4.69) is 10.1 Å². The standard InChI is InChI=1S/C15H18N2O3S/c1-2-19-15(18)10-17(12-5-6-12)9-11-8-13(20-16-11)14-4-3-7-21-14/h3-4,7-8,12H,2,5-6,9-10H2,1H3. The van der Waals surface area contributed by atoms with E-state index in [9.17, 15) is 4.79 Å². The van der Waals surface area contributed by atoms with Crippen LogP contribution in [0.25, 0.3) is 10.6 Å². The Morgan fingerprint density at radius 1 is 1.57 bits per heavy atom. The zero-order valence-electron chi connectivity index (χ0n) is 11.9. The number of carbonyl (C=O) groups excluding carboxylic acids is 1. The van der Waals surface area contributed by atoms with Crippen LogP contribution >= 0.6 is 11.3 Å². The molecule has 1 fully saturated rings. The Bertz CT molecular complexity index is 590. The number of esters is 1. The van der Waals surface area contributed by atoms with Gasteiger partial charge < -0.3 is 9.26 Å². The lowest BCUT2D eigenvalue weighted by atomic mass is 10.3. The van der Waals surface area contributed by atoms with Crippen LogP contribution in [0.4, 0.5) is 0 Å². The van der Waals surface area contributed by atoms with Gasteiger partial charge in [0.1, 0.15) is 0 Å². The molecule has 1 aliphatic carbocycles. The van der Waals surface area contributed by atoms with E-state index in [4.69, 9.17) is 9.26 Å². The summed E-state index contributed by atoms with van der Waals surface area (Å²) >= 11 is 1.62. The number of ether oxygens (including phenoxy) is 1. The summed E-state index contributed by atoms with van der Waals surface area (Å²) in [5, 5.41) is 6.12. The van der Waals surface area contributed by atoms with Gasteiger partial charge in [0.05, 0.1) is 23.7 Å². The summed E-state index contributed by atoms with van der Waals surface area (Å²) in [7, 11) is 0.